The van der Waals surface area contributed by atoms with Crippen LogP contribution < -0.4 is 5.32 Å². The zero-order chi connectivity index (χ0) is 13.9. The van der Waals surface area contributed by atoms with Crippen molar-refractivity contribution in [3.8, 4) is 0 Å². The Morgan fingerprint density at radius 3 is 2.44 bits per heavy atom. The first-order valence-corrected chi connectivity index (χ1v) is 6.12. The number of hydrogen-bond donors (Lipinski definition) is 2. The molecule has 0 aromatic carbocycles. The van der Waals surface area contributed by atoms with Gasteiger partial charge in [0.2, 0.25) is 5.91 Å². The second-order valence-electron chi connectivity index (χ2n) is 5.59. The number of ether oxygens (including phenoxy) is 1. The van der Waals surface area contributed by atoms with Gasteiger partial charge in [0.15, 0.2) is 0 Å². The van der Waals surface area contributed by atoms with Gasteiger partial charge in [-0.1, -0.05) is 0 Å². The SMILES string of the molecule is CC(=O)N[C@H]1CCN(C(=O)OC(C)(C)C)C[C@@H]1O. The van der Waals surface area contributed by atoms with E-state index in [1.54, 1.807) is 20.8 Å². The molecule has 1 saturated heterocycles. The molecule has 2 N–H and O–H groups in total. The number of piperidine rings is 1. The molecule has 0 aliphatic carbocycles. The maximum atomic E-state index is 11.8. The highest BCUT2D eigenvalue weighted by molar-refractivity contribution is 5.73. The van der Waals surface area contributed by atoms with Crippen LogP contribution in [0.4, 0.5) is 4.79 Å². The summed E-state index contributed by atoms with van der Waals surface area (Å²) in [5, 5.41) is 12.5. The molecule has 0 unspecified atom stereocenters. The lowest BCUT2D eigenvalue weighted by atomic mass is 10.0. The minimum atomic E-state index is -0.754. The van der Waals surface area contributed by atoms with Gasteiger partial charge >= 0.3 is 6.09 Å². The summed E-state index contributed by atoms with van der Waals surface area (Å²) in [6, 6.07) is -0.291. The predicted molar refractivity (Wildman–Crippen MR) is 66.0 cm³/mol. The molecular weight excluding hydrogens is 236 g/mol. The lowest BCUT2D eigenvalue weighted by Crippen LogP contribution is -2.55. The smallest absolute Gasteiger partial charge is 0.410 e. The first-order chi connectivity index (χ1) is 8.19. The van der Waals surface area contributed by atoms with Gasteiger partial charge in [0, 0.05) is 13.5 Å². The summed E-state index contributed by atoms with van der Waals surface area (Å²) in [7, 11) is 0. The number of carbonyl (C=O) groups is 2. The first kappa shape index (κ1) is 14.8. The molecule has 6 heteroatoms. The van der Waals surface area contributed by atoms with Crippen LogP contribution in [-0.2, 0) is 9.53 Å². The summed E-state index contributed by atoms with van der Waals surface area (Å²) in [4.78, 5) is 24.2. The zero-order valence-electron chi connectivity index (χ0n) is 11.4. The Hall–Kier alpha value is -1.30. The Morgan fingerprint density at radius 1 is 1.39 bits per heavy atom. The zero-order valence-corrected chi connectivity index (χ0v) is 11.4. The molecule has 0 saturated carbocycles. The molecule has 1 fully saturated rings. The third-order valence-electron chi connectivity index (χ3n) is 2.62. The van der Waals surface area contributed by atoms with Gasteiger partial charge < -0.3 is 20.1 Å². The van der Waals surface area contributed by atoms with E-state index >= 15 is 0 Å². The molecule has 0 aromatic rings. The van der Waals surface area contributed by atoms with Crippen molar-refractivity contribution in [3.63, 3.8) is 0 Å². The molecule has 18 heavy (non-hydrogen) atoms. The number of aliphatic hydroxyl groups excluding tert-OH is 1. The quantitative estimate of drug-likeness (QED) is 0.717. The van der Waals surface area contributed by atoms with Gasteiger partial charge in [-0.25, -0.2) is 4.79 Å². The van der Waals surface area contributed by atoms with E-state index in [4.69, 9.17) is 4.74 Å². The van der Waals surface area contributed by atoms with Crippen molar-refractivity contribution in [2.75, 3.05) is 13.1 Å². The van der Waals surface area contributed by atoms with Crippen molar-refractivity contribution in [1.29, 1.82) is 0 Å². The molecule has 1 aliphatic rings. The Balaban J connectivity index is 2.50. The minimum absolute atomic E-state index is 0.176. The van der Waals surface area contributed by atoms with Crippen molar-refractivity contribution in [2.45, 2.75) is 51.9 Å². The average Bonchev–Trinajstić information content (AvgIpc) is 2.17. The van der Waals surface area contributed by atoms with E-state index in [0.717, 1.165) is 0 Å². The summed E-state index contributed by atoms with van der Waals surface area (Å²) in [6.07, 6.45) is -0.655. The molecule has 2 amide bonds. The number of carbonyl (C=O) groups excluding carboxylic acids is 2. The number of amides is 2. The van der Waals surface area contributed by atoms with E-state index in [2.05, 4.69) is 5.32 Å². The van der Waals surface area contributed by atoms with Gasteiger partial charge in [-0.3, -0.25) is 4.79 Å². The highest BCUT2D eigenvalue weighted by Crippen LogP contribution is 2.15. The topological polar surface area (TPSA) is 78.9 Å². The van der Waals surface area contributed by atoms with Gasteiger partial charge in [-0.05, 0) is 27.2 Å². The van der Waals surface area contributed by atoms with E-state index in [-0.39, 0.29) is 18.5 Å². The maximum absolute atomic E-state index is 11.8. The molecule has 6 nitrogen and oxygen atoms in total. The van der Waals surface area contributed by atoms with Crippen LogP contribution in [0.2, 0.25) is 0 Å². The fourth-order valence-corrected chi connectivity index (χ4v) is 1.85. The van der Waals surface area contributed by atoms with E-state index in [1.807, 2.05) is 0 Å². The summed E-state index contributed by atoms with van der Waals surface area (Å²) >= 11 is 0. The third-order valence-corrected chi connectivity index (χ3v) is 2.62. The molecule has 0 spiro atoms. The molecule has 0 radical (unpaired) electrons. The lowest BCUT2D eigenvalue weighted by molar-refractivity contribution is -0.121. The normalized spacial score (nSPS) is 24.6. The molecule has 0 bridgehead atoms. The van der Waals surface area contributed by atoms with E-state index in [1.165, 1.54) is 11.8 Å². The highest BCUT2D eigenvalue weighted by atomic mass is 16.6. The van der Waals surface area contributed by atoms with Crippen LogP contribution >= 0.6 is 0 Å². The molecule has 1 aliphatic heterocycles. The van der Waals surface area contributed by atoms with Gasteiger partial charge in [0.05, 0.1) is 18.7 Å². The summed E-state index contributed by atoms with van der Waals surface area (Å²) < 4.78 is 5.23. The van der Waals surface area contributed by atoms with Crippen LogP contribution in [0.15, 0.2) is 0 Å². The highest BCUT2D eigenvalue weighted by Gasteiger charge is 2.32. The number of nitrogens with zero attached hydrogens (tertiary/aromatic N) is 1. The van der Waals surface area contributed by atoms with Gasteiger partial charge in [0.1, 0.15) is 5.60 Å². The summed E-state index contributed by atoms with van der Waals surface area (Å²) in [6.45, 7) is 7.45. The van der Waals surface area contributed by atoms with Crippen LogP contribution in [0.5, 0.6) is 0 Å². The second kappa shape index (κ2) is 5.56. The van der Waals surface area contributed by atoms with Crippen molar-refractivity contribution in [1.82, 2.24) is 10.2 Å². The molecule has 1 rings (SSSR count). The third kappa shape index (κ3) is 4.52. The number of rotatable bonds is 1. The van der Waals surface area contributed by atoms with E-state index < -0.39 is 17.8 Å². The number of likely N-dealkylation sites (tertiary alicyclic amines) is 1. The van der Waals surface area contributed by atoms with Gasteiger partial charge in [-0.2, -0.15) is 0 Å². The minimum Gasteiger partial charge on any atom is -0.444 e. The van der Waals surface area contributed by atoms with E-state index in [9.17, 15) is 14.7 Å². The van der Waals surface area contributed by atoms with Crippen molar-refractivity contribution in [3.05, 3.63) is 0 Å². The molecule has 0 aromatic heterocycles. The Labute approximate surface area is 107 Å². The number of aliphatic hydroxyl groups is 1. The second-order valence-corrected chi connectivity index (χ2v) is 5.59. The Morgan fingerprint density at radius 2 is 2.00 bits per heavy atom. The van der Waals surface area contributed by atoms with Crippen LogP contribution in [-0.4, -0.2) is 52.8 Å². The lowest BCUT2D eigenvalue weighted by Gasteiger charge is -2.36. The van der Waals surface area contributed by atoms with Crippen LogP contribution in [0, 0.1) is 0 Å². The monoisotopic (exact) mass is 258 g/mol. The number of hydrogen-bond acceptors (Lipinski definition) is 4. The van der Waals surface area contributed by atoms with Crippen LogP contribution in [0.3, 0.4) is 0 Å². The molecule has 1 heterocycles. The maximum Gasteiger partial charge on any atom is 0.410 e. The Kier molecular flexibility index (Phi) is 4.56. The van der Waals surface area contributed by atoms with Crippen LogP contribution in [0.1, 0.15) is 34.1 Å². The molecular formula is C12H22N2O4. The fraction of sp³-hybridized carbons (Fsp3) is 0.833. The van der Waals surface area contributed by atoms with Crippen LogP contribution in [0.25, 0.3) is 0 Å². The van der Waals surface area contributed by atoms with Crippen molar-refractivity contribution < 1.29 is 19.4 Å². The summed E-state index contributed by atoms with van der Waals surface area (Å²) in [5.41, 5.74) is -0.545. The first-order valence-electron chi connectivity index (χ1n) is 6.12. The largest absolute Gasteiger partial charge is 0.444 e. The van der Waals surface area contributed by atoms with Crippen molar-refractivity contribution in [2.24, 2.45) is 0 Å². The summed E-state index contributed by atoms with van der Waals surface area (Å²) in [5.74, 6) is -0.176. The number of β-amino-alcohol motifs (C(OH)–C–C–N with tert-alkyl or cyclic N) is 1. The molecule has 2 atom stereocenters. The average molecular weight is 258 g/mol. The predicted octanol–water partition coefficient (Wildman–Crippen LogP) is 0.493. The Bertz CT molecular complexity index is 325. The van der Waals surface area contributed by atoms with Crippen molar-refractivity contribution >= 4 is 12.0 Å². The number of nitrogens with one attached hydrogen (secondary N) is 1. The van der Waals surface area contributed by atoms with Gasteiger partial charge in [0.25, 0.3) is 0 Å². The van der Waals surface area contributed by atoms with E-state index in [0.29, 0.717) is 13.0 Å². The fourth-order valence-electron chi connectivity index (χ4n) is 1.85. The standard InChI is InChI=1S/C12H22N2O4/c1-8(15)13-9-5-6-14(7-10(9)16)11(17)18-12(2,3)4/h9-10,16H,5-7H2,1-4H3,(H,13,15)/t9-,10-/m0/s1. The molecule has 104 valence electrons. The van der Waals surface area contributed by atoms with Gasteiger partial charge in [-0.15, -0.1) is 0 Å².